The van der Waals surface area contributed by atoms with Gasteiger partial charge >= 0.3 is 0 Å². The summed E-state index contributed by atoms with van der Waals surface area (Å²) in [6.45, 7) is 5.54. The summed E-state index contributed by atoms with van der Waals surface area (Å²) in [6.07, 6.45) is 3.48. The van der Waals surface area contributed by atoms with Gasteiger partial charge in [-0.05, 0) is 32.2 Å². The Labute approximate surface area is 162 Å². The van der Waals surface area contributed by atoms with Crippen LogP contribution < -0.4 is 10.6 Å². The minimum atomic E-state index is -0.683. The number of benzene rings is 1. The van der Waals surface area contributed by atoms with Crippen LogP contribution in [0.1, 0.15) is 22.8 Å². The van der Waals surface area contributed by atoms with Gasteiger partial charge in [0.15, 0.2) is 5.13 Å². The second-order valence-corrected chi connectivity index (χ2v) is 7.06. The Hall–Kier alpha value is -2.87. The fourth-order valence-electron chi connectivity index (χ4n) is 2.54. The van der Waals surface area contributed by atoms with Crippen LogP contribution in [0.3, 0.4) is 0 Å². The highest BCUT2D eigenvalue weighted by atomic mass is 32.1. The van der Waals surface area contributed by atoms with E-state index in [9.17, 15) is 9.59 Å². The van der Waals surface area contributed by atoms with Gasteiger partial charge in [0.2, 0.25) is 13.3 Å². The van der Waals surface area contributed by atoms with E-state index in [2.05, 4.69) is 15.6 Å². The highest BCUT2D eigenvalue weighted by Gasteiger charge is 2.18. The standard InChI is InChI=1S/C19H20BN4O2S/c1-12-5-4-6-14(9-12)16-11-27-19(22-16)23-17(25)13(2)21-18(26)15-7-8-24(10-15)20-3/h4-11,13H,1-3H3,(H,21,26)(H,22,23,25). The Kier molecular flexibility index (Phi) is 5.76. The highest BCUT2D eigenvalue weighted by Crippen LogP contribution is 2.25. The maximum absolute atomic E-state index is 12.4. The van der Waals surface area contributed by atoms with Gasteiger partial charge in [-0.2, -0.15) is 0 Å². The van der Waals surface area contributed by atoms with Crippen LogP contribution in [-0.2, 0) is 4.79 Å². The van der Waals surface area contributed by atoms with E-state index in [4.69, 9.17) is 0 Å². The number of nitrogens with one attached hydrogen (secondary N) is 2. The SMILES string of the molecule is C[B]n1ccc(C(=O)NC(C)C(=O)Nc2nc(-c3cccc(C)c3)cs2)c1. The minimum absolute atomic E-state index is 0.294. The van der Waals surface area contributed by atoms with Gasteiger partial charge in [0.05, 0.1) is 11.3 Å². The van der Waals surface area contributed by atoms with Crippen molar-refractivity contribution in [2.75, 3.05) is 5.32 Å². The van der Waals surface area contributed by atoms with Gasteiger partial charge in [-0.3, -0.25) is 9.59 Å². The van der Waals surface area contributed by atoms with Crippen molar-refractivity contribution in [1.29, 1.82) is 0 Å². The molecule has 1 atom stereocenters. The fourth-order valence-corrected chi connectivity index (χ4v) is 3.26. The lowest BCUT2D eigenvalue weighted by atomic mass is 10.0. The molecule has 0 saturated heterocycles. The third-order valence-corrected chi connectivity index (χ3v) is 4.82. The van der Waals surface area contributed by atoms with Crippen molar-refractivity contribution < 1.29 is 9.59 Å². The van der Waals surface area contributed by atoms with Crippen molar-refractivity contribution in [2.45, 2.75) is 26.7 Å². The van der Waals surface area contributed by atoms with Crippen molar-refractivity contribution in [2.24, 2.45) is 0 Å². The molecule has 8 heteroatoms. The number of hydrogen-bond donors (Lipinski definition) is 2. The van der Waals surface area contributed by atoms with Crippen LogP contribution in [0.15, 0.2) is 48.1 Å². The molecule has 0 aliphatic carbocycles. The second kappa shape index (κ2) is 8.22. The molecule has 3 aromatic rings. The number of hydrogen-bond acceptors (Lipinski definition) is 4. The summed E-state index contributed by atoms with van der Waals surface area (Å²) in [6, 6.07) is 9.05. The molecule has 0 saturated carbocycles. The van der Waals surface area contributed by atoms with Gasteiger partial charge < -0.3 is 15.1 Å². The Morgan fingerprint density at radius 1 is 1.30 bits per heavy atom. The zero-order valence-electron chi connectivity index (χ0n) is 15.4. The van der Waals surface area contributed by atoms with E-state index in [0.29, 0.717) is 10.7 Å². The lowest BCUT2D eigenvalue weighted by Crippen LogP contribution is -2.41. The second-order valence-electron chi connectivity index (χ2n) is 6.20. The Morgan fingerprint density at radius 3 is 2.81 bits per heavy atom. The van der Waals surface area contributed by atoms with E-state index in [1.54, 1.807) is 29.9 Å². The average molecular weight is 379 g/mol. The van der Waals surface area contributed by atoms with Crippen LogP contribution in [-0.4, -0.2) is 34.7 Å². The number of nitrogens with zero attached hydrogens (tertiary/aromatic N) is 2. The predicted octanol–water partition coefficient (Wildman–Crippen LogP) is 3.19. The molecule has 2 amide bonds. The molecule has 27 heavy (non-hydrogen) atoms. The third-order valence-electron chi connectivity index (χ3n) is 4.06. The maximum Gasteiger partial charge on any atom is 0.253 e. The van der Waals surface area contributed by atoms with Crippen LogP contribution in [0.2, 0.25) is 6.82 Å². The molecular formula is C19H20BN4O2S. The number of amides is 2. The summed E-state index contributed by atoms with van der Waals surface area (Å²) in [5.74, 6) is -0.604. The van der Waals surface area contributed by atoms with E-state index in [0.717, 1.165) is 16.8 Å². The highest BCUT2D eigenvalue weighted by molar-refractivity contribution is 7.14. The summed E-state index contributed by atoms with van der Waals surface area (Å²) in [4.78, 5) is 29.1. The van der Waals surface area contributed by atoms with Crippen molar-refractivity contribution in [1.82, 2.24) is 14.8 Å². The molecule has 0 aliphatic rings. The number of thiazole rings is 1. The van der Waals surface area contributed by atoms with Crippen LogP contribution >= 0.6 is 11.3 Å². The van der Waals surface area contributed by atoms with Crippen molar-refractivity contribution >= 4 is 35.7 Å². The number of aryl methyl sites for hydroxylation is 1. The Bertz CT molecular complexity index is 966. The van der Waals surface area contributed by atoms with Crippen molar-refractivity contribution in [3.05, 3.63) is 59.2 Å². The summed E-state index contributed by atoms with van der Waals surface area (Å²) in [7, 11) is 1.83. The largest absolute Gasteiger partial charge is 0.402 e. The summed E-state index contributed by atoms with van der Waals surface area (Å²) in [5.41, 5.74) is 3.47. The normalized spacial score (nSPS) is 11.7. The minimum Gasteiger partial charge on any atom is -0.402 e. The first-order valence-corrected chi connectivity index (χ1v) is 9.45. The van der Waals surface area contributed by atoms with Gasteiger partial charge in [0.25, 0.3) is 5.91 Å². The van der Waals surface area contributed by atoms with Crippen LogP contribution in [0.4, 0.5) is 5.13 Å². The predicted molar refractivity (Wildman–Crippen MR) is 109 cm³/mol. The van der Waals surface area contributed by atoms with Crippen molar-refractivity contribution in [3.8, 4) is 11.3 Å². The number of anilines is 1. The Balaban J connectivity index is 1.60. The number of carbonyl (C=O) groups excluding carboxylic acids is 2. The number of carbonyl (C=O) groups is 2. The maximum atomic E-state index is 12.4. The Morgan fingerprint density at radius 2 is 2.11 bits per heavy atom. The molecule has 0 aliphatic heterocycles. The molecule has 1 radical (unpaired) electrons. The molecular weight excluding hydrogens is 359 g/mol. The first-order chi connectivity index (χ1) is 13.0. The molecule has 0 spiro atoms. The topological polar surface area (TPSA) is 76.0 Å². The zero-order chi connectivity index (χ0) is 19.4. The molecule has 6 nitrogen and oxygen atoms in total. The van der Waals surface area contributed by atoms with Crippen molar-refractivity contribution in [3.63, 3.8) is 0 Å². The van der Waals surface area contributed by atoms with Crippen LogP contribution in [0.5, 0.6) is 0 Å². The van der Waals surface area contributed by atoms with E-state index >= 15 is 0 Å². The molecule has 0 bridgehead atoms. The third kappa shape index (κ3) is 4.65. The quantitative estimate of drug-likeness (QED) is 0.646. The van der Waals surface area contributed by atoms with Gasteiger partial charge in [0, 0.05) is 17.1 Å². The van der Waals surface area contributed by atoms with Gasteiger partial charge in [-0.25, -0.2) is 4.98 Å². The molecule has 2 heterocycles. The molecule has 3 rings (SSSR count). The zero-order valence-corrected chi connectivity index (χ0v) is 16.2. The van der Waals surface area contributed by atoms with Gasteiger partial charge in [0.1, 0.15) is 6.04 Å². The van der Waals surface area contributed by atoms with E-state index in [-0.39, 0.29) is 11.8 Å². The first-order valence-electron chi connectivity index (χ1n) is 8.57. The monoisotopic (exact) mass is 379 g/mol. The van der Waals surface area contributed by atoms with E-state index < -0.39 is 6.04 Å². The summed E-state index contributed by atoms with van der Waals surface area (Å²) < 4.78 is 1.78. The summed E-state index contributed by atoms with van der Waals surface area (Å²) >= 11 is 1.35. The molecule has 2 aromatic heterocycles. The number of rotatable bonds is 6. The van der Waals surface area contributed by atoms with E-state index in [1.807, 2.05) is 50.8 Å². The molecule has 2 N–H and O–H groups in total. The number of aromatic nitrogens is 2. The fraction of sp³-hybridized carbons (Fsp3) is 0.211. The molecule has 0 fully saturated rings. The average Bonchev–Trinajstić information content (AvgIpc) is 3.31. The molecule has 1 unspecified atom stereocenters. The van der Waals surface area contributed by atoms with Gasteiger partial charge in [-0.1, -0.05) is 30.6 Å². The molecule has 1 aromatic carbocycles. The summed E-state index contributed by atoms with van der Waals surface area (Å²) in [5, 5.41) is 7.86. The molecule has 137 valence electrons. The smallest absolute Gasteiger partial charge is 0.253 e. The first kappa shape index (κ1) is 18.9. The lowest BCUT2D eigenvalue weighted by Gasteiger charge is -2.12. The van der Waals surface area contributed by atoms with Crippen LogP contribution in [0.25, 0.3) is 11.3 Å². The lowest BCUT2D eigenvalue weighted by molar-refractivity contribution is -0.117. The van der Waals surface area contributed by atoms with Gasteiger partial charge in [-0.15, -0.1) is 11.3 Å². The van der Waals surface area contributed by atoms with E-state index in [1.165, 1.54) is 11.3 Å². The van der Waals surface area contributed by atoms with Crippen LogP contribution in [0, 0.1) is 6.92 Å².